The minimum absolute atomic E-state index is 0.0803. The molecule has 1 aromatic heterocycles. The topological polar surface area (TPSA) is 81.4 Å². The molecule has 0 spiro atoms. The van der Waals surface area contributed by atoms with Crippen molar-refractivity contribution in [2.45, 2.75) is 32.7 Å². The summed E-state index contributed by atoms with van der Waals surface area (Å²) in [6, 6.07) is 1.77. The Morgan fingerprint density at radius 2 is 2.33 bits per heavy atom. The largest absolute Gasteiger partial charge is 0.374 e. The number of rotatable bonds is 1. The molecule has 3 heterocycles. The van der Waals surface area contributed by atoms with Crippen molar-refractivity contribution in [1.29, 1.82) is 0 Å². The van der Waals surface area contributed by atoms with Crippen molar-refractivity contribution in [1.82, 2.24) is 5.32 Å². The zero-order chi connectivity index (χ0) is 12.9. The summed E-state index contributed by atoms with van der Waals surface area (Å²) < 4.78 is 29.9. The van der Waals surface area contributed by atoms with E-state index in [0.29, 0.717) is 11.9 Å². The summed E-state index contributed by atoms with van der Waals surface area (Å²) in [5.41, 5.74) is 1.01. The van der Waals surface area contributed by atoms with Crippen LogP contribution in [0.2, 0.25) is 0 Å². The van der Waals surface area contributed by atoms with Gasteiger partial charge in [-0.1, -0.05) is 6.92 Å². The van der Waals surface area contributed by atoms with E-state index in [1.807, 2.05) is 0 Å². The smallest absolute Gasteiger partial charge is 0.247 e. The van der Waals surface area contributed by atoms with Gasteiger partial charge in [0.25, 0.3) is 0 Å². The van der Waals surface area contributed by atoms with Crippen LogP contribution < -0.4 is 10.5 Å². The summed E-state index contributed by atoms with van der Waals surface area (Å²) in [4.78, 5) is 0. The van der Waals surface area contributed by atoms with Crippen LogP contribution in [0.25, 0.3) is 0 Å². The first-order valence-corrected chi connectivity index (χ1v) is 8.89. The van der Waals surface area contributed by atoms with Gasteiger partial charge < -0.3 is 10.1 Å². The molecular weight excluding hydrogens is 292 g/mol. The minimum atomic E-state index is -3.62. The van der Waals surface area contributed by atoms with E-state index < -0.39 is 10.0 Å². The van der Waals surface area contributed by atoms with Gasteiger partial charge in [-0.15, -0.1) is 23.1 Å². The van der Waals surface area contributed by atoms with Crippen molar-refractivity contribution in [3.8, 4) is 0 Å². The standard InChI is InChI=1S/C10H14N2O3S3/c1-5-9-8(12-2-3-15-9)6-4-7(18(11,13)14)17-10(6)16-5/h4-5,8-9,12H,2-3H2,1H3,(H2,11,13,14)/t5-,8-,9-/m0/s1. The van der Waals surface area contributed by atoms with E-state index >= 15 is 0 Å². The summed E-state index contributed by atoms with van der Waals surface area (Å²) in [7, 11) is -3.62. The monoisotopic (exact) mass is 306 g/mol. The third-order valence-electron chi connectivity index (χ3n) is 3.18. The second-order valence-corrected chi connectivity index (χ2v) is 8.93. The molecule has 3 rings (SSSR count). The van der Waals surface area contributed by atoms with Gasteiger partial charge >= 0.3 is 0 Å². The highest BCUT2D eigenvalue weighted by Gasteiger charge is 2.39. The Hall–Kier alpha value is -0.120. The van der Waals surface area contributed by atoms with Crippen LogP contribution >= 0.6 is 23.1 Å². The summed E-state index contributed by atoms with van der Waals surface area (Å²) in [6.07, 6.45) is 0.0965. The molecule has 1 fully saturated rings. The lowest BCUT2D eigenvalue weighted by atomic mass is 10.0. The molecule has 0 unspecified atom stereocenters. The zero-order valence-electron chi connectivity index (χ0n) is 9.75. The van der Waals surface area contributed by atoms with Crippen LogP contribution in [0.1, 0.15) is 18.5 Å². The maximum absolute atomic E-state index is 11.4. The summed E-state index contributed by atoms with van der Waals surface area (Å²) in [5.74, 6) is 0. The Bertz CT molecular complexity index is 569. The van der Waals surface area contributed by atoms with Crippen LogP contribution in [0.3, 0.4) is 0 Å². The molecule has 1 saturated heterocycles. The summed E-state index contributed by atoms with van der Waals surface area (Å²) >= 11 is 2.92. The van der Waals surface area contributed by atoms with Crippen molar-refractivity contribution in [3.63, 3.8) is 0 Å². The fraction of sp³-hybridized carbons (Fsp3) is 0.600. The number of primary sulfonamides is 1. The first-order chi connectivity index (χ1) is 8.47. The third kappa shape index (κ3) is 2.10. The molecule has 0 aromatic carbocycles. The molecule has 1 aromatic rings. The SMILES string of the molecule is C[C@@H]1Sc2sc(S(N)(=O)=O)cc2[C@@H]2NCCO[C@@H]12. The van der Waals surface area contributed by atoms with Crippen LogP contribution in [0.4, 0.5) is 0 Å². The lowest BCUT2D eigenvalue weighted by Gasteiger charge is -2.39. The second kappa shape index (κ2) is 4.46. The highest BCUT2D eigenvalue weighted by molar-refractivity contribution is 8.02. The van der Waals surface area contributed by atoms with Crippen LogP contribution in [0.5, 0.6) is 0 Å². The average Bonchev–Trinajstić information content (AvgIpc) is 2.73. The highest BCUT2D eigenvalue weighted by Crippen LogP contribution is 2.47. The third-order valence-corrected chi connectivity index (χ3v) is 7.17. The van der Waals surface area contributed by atoms with Crippen molar-refractivity contribution in [2.24, 2.45) is 5.14 Å². The molecule has 0 aliphatic carbocycles. The fourth-order valence-electron chi connectivity index (χ4n) is 2.37. The molecule has 18 heavy (non-hydrogen) atoms. The summed E-state index contributed by atoms with van der Waals surface area (Å²) in [5, 5.41) is 8.91. The molecule has 3 atom stereocenters. The van der Waals surface area contributed by atoms with Gasteiger partial charge in [-0.05, 0) is 11.6 Å². The van der Waals surface area contributed by atoms with Crippen molar-refractivity contribution in [3.05, 3.63) is 11.6 Å². The highest BCUT2D eigenvalue weighted by atomic mass is 32.3. The van der Waals surface area contributed by atoms with Crippen LogP contribution in [0.15, 0.2) is 14.5 Å². The van der Waals surface area contributed by atoms with Gasteiger partial charge in [0, 0.05) is 11.8 Å². The van der Waals surface area contributed by atoms with Gasteiger partial charge in [0.05, 0.1) is 23.0 Å². The number of nitrogens with one attached hydrogen (secondary N) is 1. The van der Waals surface area contributed by atoms with Crippen molar-refractivity contribution in [2.75, 3.05) is 13.2 Å². The van der Waals surface area contributed by atoms with Gasteiger partial charge in [-0.3, -0.25) is 0 Å². The molecule has 0 bridgehead atoms. The second-order valence-electron chi connectivity index (χ2n) is 4.44. The number of morpholine rings is 1. The molecular formula is C10H14N2O3S3. The number of nitrogens with two attached hydrogens (primary N) is 1. The first kappa shape index (κ1) is 12.9. The Morgan fingerprint density at radius 1 is 1.56 bits per heavy atom. The van der Waals surface area contributed by atoms with Crippen LogP contribution in [-0.2, 0) is 14.8 Å². The van der Waals surface area contributed by atoms with E-state index in [0.717, 1.165) is 16.3 Å². The van der Waals surface area contributed by atoms with Gasteiger partial charge in [0.2, 0.25) is 10.0 Å². The van der Waals surface area contributed by atoms with E-state index in [2.05, 4.69) is 12.2 Å². The van der Waals surface area contributed by atoms with E-state index in [-0.39, 0.29) is 16.4 Å². The van der Waals surface area contributed by atoms with Gasteiger partial charge in [-0.25, -0.2) is 13.6 Å². The quantitative estimate of drug-likeness (QED) is 0.806. The Labute approximate surface area is 114 Å². The Kier molecular flexibility index (Phi) is 3.20. The van der Waals surface area contributed by atoms with Gasteiger partial charge in [0.1, 0.15) is 4.21 Å². The molecule has 2 aliphatic rings. The minimum Gasteiger partial charge on any atom is -0.374 e. The lowest BCUT2D eigenvalue weighted by molar-refractivity contribution is -0.00506. The van der Waals surface area contributed by atoms with E-state index in [1.54, 1.807) is 17.8 Å². The molecule has 0 amide bonds. The molecule has 8 heteroatoms. The zero-order valence-corrected chi connectivity index (χ0v) is 12.2. The van der Waals surface area contributed by atoms with E-state index in [4.69, 9.17) is 9.88 Å². The molecule has 100 valence electrons. The maximum Gasteiger partial charge on any atom is 0.247 e. The summed E-state index contributed by atoms with van der Waals surface area (Å²) in [6.45, 7) is 3.60. The number of fused-ring (bicyclic) bond motifs is 3. The number of ether oxygens (including phenoxy) is 1. The molecule has 3 N–H and O–H groups in total. The van der Waals surface area contributed by atoms with Gasteiger partial charge in [0.15, 0.2) is 0 Å². The van der Waals surface area contributed by atoms with Gasteiger partial charge in [-0.2, -0.15) is 0 Å². The number of sulfonamides is 1. The number of thioether (sulfide) groups is 1. The first-order valence-electron chi connectivity index (χ1n) is 5.65. The van der Waals surface area contributed by atoms with Crippen molar-refractivity contribution < 1.29 is 13.2 Å². The van der Waals surface area contributed by atoms with Crippen LogP contribution in [0, 0.1) is 0 Å². The fourth-order valence-corrected chi connectivity index (χ4v) is 6.15. The Morgan fingerprint density at radius 3 is 3.06 bits per heavy atom. The molecule has 5 nitrogen and oxygen atoms in total. The normalized spacial score (nSPS) is 31.8. The molecule has 0 radical (unpaired) electrons. The average molecular weight is 306 g/mol. The Balaban J connectivity index is 2.05. The van der Waals surface area contributed by atoms with E-state index in [1.165, 1.54) is 11.3 Å². The molecule has 2 aliphatic heterocycles. The number of hydrogen-bond donors (Lipinski definition) is 2. The van der Waals surface area contributed by atoms with Crippen LogP contribution in [-0.4, -0.2) is 32.9 Å². The number of hydrogen-bond acceptors (Lipinski definition) is 6. The molecule has 0 saturated carbocycles. The predicted molar refractivity (Wildman–Crippen MR) is 71.5 cm³/mol. The van der Waals surface area contributed by atoms with Crippen molar-refractivity contribution >= 4 is 33.1 Å². The lowest BCUT2D eigenvalue weighted by Crippen LogP contribution is -2.47. The number of thiophene rings is 1. The van der Waals surface area contributed by atoms with E-state index in [9.17, 15) is 8.42 Å². The predicted octanol–water partition coefficient (Wildman–Crippen LogP) is 0.919. The maximum atomic E-state index is 11.4.